The lowest BCUT2D eigenvalue weighted by Gasteiger charge is -2.33. The van der Waals surface area contributed by atoms with Crippen LogP contribution < -0.4 is 20.1 Å². The quantitative estimate of drug-likeness (QED) is 0.660. The molecule has 2 aromatic carbocycles. The summed E-state index contributed by atoms with van der Waals surface area (Å²) in [4.78, 5) is 28.9. The summed E-state index contributed by atoms with van der Waals surface area (Å²) >= 11 is 6.27. The topological polar surface area (TPSA) is 83.1 Å². The molecule has 0 unspecified atom stereocenters. The standard InChI is InChI=1S/C23H27ClN4O4/c24-18-12-20-21(32-11-10-31-20)13-19(18)26-23(30)16-28-8-6-27(7-9-28)15-22(29)25-14-17-4-2-1-3-5-17/h1-5,12-13H,6-11,14-16H2,(H,25,29)(H,26,30). The highest BCUT2D eigenvalue weighted by atomic mass is 35.5. The second-order valence-corrected chi connectivity index (χ2v) is 8.25. The number of amides is 2. The molecule has 2 aliphatic heterocycles. The zero-order valence-corrected chi connectivity index (χ0v) is 18.6. The molecule has 4 rings (SSSR count). The number of rotatable bonds is 7. The number of fused-ring (bicyclic) bond motifs is 1. The molecule has 2 aliphatic rings. The number of carbonyl (C=O) groups excluding carboxylic acids is 2. The fourth-order valence-electron chi connectivity index (χ4n) is 3.71. The van der Waals surface area contributed by atoms with E-state index in [0.29, 0.717) is 61.6 Å². The normalized spacial score (nSPS) is 16.4. The highest BCUT2D eigenvalue weighted by Gasteiger charge is 2.22. The minimum atomic E-state index is -0.141. The summed E-state index contributed by atoms with van der Waals surface area (Å²) in [5.74, 6) is 1.03. The van der Waals surface area contributed by atoms with Crippen molar-refractivity contribution in [2.24, 2.45) is 0 Å². The molecule has 8 nitrogen and oxygen atoms in total. The lowest BCUT2D eigenvalue weighted by atomic mass is 10.2. The summed E-state index contributed by atoms with van der Waals surface area (Å²) < 4.78 is 11.1. The first kappa shape index (κ1) is 22.4. The highest BCUT2D eigenvalue weighted by molar-refractivity contribution is 6.34. The Morgan fingerprint density at radius 1 is 0.875 bits per heavy atom. The predicted octanol–water partition coefficient (Wildman–Crippen LogP) is 1.98. The van der Waals surface area contributed by atoms with Gasteiger partial charge in [-0.15, -0.1) is 0 Å². The predicted molar refractivity (Wildman–Crippen MR) is 122 cm³/mol. The Labute approximate surface area is 192 Å². The van der Waals surface area contributed by atoms with Crippen molar-refractivity contribution < 1.29 is 19.1 Å². The first-order valence-electron chi connectivity index (χ1n) is 10.7. The Kier molecular flexibility index (Phi) is 7.47. The maximum absolute atomic E-state index is 12.5. The molecule has 1 saturated heterocycles. The first-order valence-corrected chi connectivity index (χ1v) is 11.1. The van der Waals surface area contributed by atoms with Crippen LogP contribution in [0.25, 0.3) is 0 Å². The third kappa shape index (κ3) is 6.12. The molecule has 2 heterocycles. The van der Waals surface area contributed by atoms with Crippen LogP contribution in [0.2, 0.25) is 5.02 Å². The minimum Gasteiger partial charge on any atom is -0.486 e. The van der Waals surface area contributed by atoms with Gasteiger partial charge in [0.2, 0.25) is 11.8 Å². The van der Waals surface area contributed by atoms with E-state index in [0.717, 1.165) is 18.7 Å². The molecular formula is C23H27ClN4O4. The molecule has 1 fully saturated rings. The first-order chi connectivity index (χ1) is 15.6. The molecule has 32 heavy (non-hydrogen) atoms. The van der Waals surface area contributed by atoms with Crippen molar-refractivity contribution in [3.8, 4) is 11.5 Å². The van der Waals surface area contributed by atoms with Gasteiger partial charge in [0.1, 0.15) is 13.2 Å². The molecule has 170 valence electrons. The number of halogens is 1. The number of piperazine rings is 1. The van der Waals surface area contributed by atoms with E-state index >= 15 is 0 Å². The largest absolute Gasteiger partial charge is 0.486 e. The lowest BCUT2D eigenvalue weighted by Crippen LogP contribution is -2.50. The van der Waals surface area contributed by atoms with Gasteiger partial charge in [0.05, 0.1) is 23.8 Å². The number of benzene rings is 2. The molecule has 0 saturated carbocycles. The van der Waals surface area contributed by atoms with Crippen LogP contribution in [0, 0.1) is 0 Å². The SMILES string of the molecule is O=C(CN1CCN(CC(=O)Nc2cc3c(cc2Cl)OCCO3)CC1)NCc1ccccc1. The van der Waals surface area contributed by atoms with Crippen LogP contribution in [0.4, 0.5) is 5.69 Å². The number of hydrogen-bond donors (Lipinski definition) is 2. The van der Waals surface area contributed by atoms with Gasteiger partial charge in [-0.3, -0.25) is 19.4 Å². The lowest BCUT2D eigenvalue weighted by molar-refractivity contribution is -0.123. The molecule has 0 atom stereocenters. The molecule has 2 N–H and O–H groups in total. The van der Waals surface area contributed by atoms with Crippen molar-refractivity contribution in [2.45, 2.75) is 6.54 Å². The second-order valence-electron chi connectivity index (χ2n) is 7.84. The van der Waals surface area contributed by atoms with Crippen molar-refractivity contribution >= 4 is 29.1 Å². The summed E-state index contributed by atoms with van der Waals surface area (Å²) in [5.41, 5.74) is 1.59. The molecule has 0 bridgehead atoms. The molecular weight excluding hydrogens is 432 g/mol. The molecule has 0 radical (unpaired) electrons. The summed E-state index contributed by atoms with van der Waals surface area (Å²) in [7, 11) is 0. The maximum atomic E-state index is 12.5. The van der Waals surface area contributed by atoms with E-state index in [1.54, 1.807) is 12.1 Å². The molecule has 2 amide bonds. The van der Waals surface area contributed by atoms with Crippen molar-refractivity contribution in [1.82, 2.24) is 15.1 Å². The summed E-state index contributed by atoms with van der Waals surface area (Å²) in [6.07, 6.45) is 0. The Hall–Kier alpha value is -2.81. The monoisotopic (exact) mass is 458 g/mol. The Balaban J connectivity index is 1.19. The van der Waals surface area contributed by atoms with Gasteiger partial charge in [0.25, 0.3) is 0 Å². The van der Waals surface area contributed by atoms with Crippen molar-refractivity contribution in [2.75, 3.05) is 57.8 Å². The maximum Gasteiger partial charge on any atom is 0.238 e. The van der Waals surface area contributed by atoms with Crippen molar-refractivity contribution in [3.05, 3.63) is 53.1 Å². The van der Waals surface area contributed by atoms with E-state index < -0.39 is 0 Å². The van der Waals surface area contributed by atoms with Crippen LogP contribution >= 0.6 is 11.6 Å². The van der Waals surface area contributed by atoms with Crippen LogP contribution in [0.5, 0.6) is 11.5 Å². The molecule has 0 aromatic heterocycles. The van der Waals surface area contributed by atoms with E-state index in [2.05, 4.69) is 20.4 Å². The van der Waals surface area contributed by atoms with Crippen LogP contribution in [0.3, 0.4) is 0 Å². The third-order valence-electron chi connectivity index (χ3n) is 5.44. The number of nitrogens with one attached hydrogen (secondary N) is 2. The average Bonchev–Trinajstić information content (AvgIpc) is 2.80. The minimum absolute atomic E-state index is 0.00768. The van der Waals surface area contributed by atoms with Crippen molar-refractivity contribution in [3.63, 3.8) is 0 Å². The average molecular weight is 459 g/mol. The molecule has 0 aliphatic carbocycles. The fraction of sp³-hybridized carbons (Fsp3) is 0.391. The molecule has 9 heteroatoms. The summed E-state index contributed by atoms with van der Waals surface area (Å²) in [5, 5.41) is 6.22. The Morgan fingerprint density at radius 2 is 1.47 bits per heavy atom. The van der Waals surface area contributed by atoms with Crippen LogP contribution in [-0.4, -0.2) is 74.1 Å². The summed E-state index contributed by atoms with van der Waals surface area (Å²) in [6.45, 7) is 5.00. The summed E-state index contributed by atoms with van der Waals surface area (Å²) in [6, 6.07) is 13.2. The zero-order valence-electron chi connectivity index (χ0n) is 17.8. The van der Waals surface area contributed by atoms with Crippen LogP contribution in [0.1, 0.15) is 5.56 Å². The third-order valence-corrected chi connectivity index (χ3v) is 5.75. The van der Waals surface area contributed by atoms with E-state index in [-0.39, 0.29) is 18.4 Å². The molecule has 2 aromatic rings. The van der Waals surface area contributed by atoms with Crippen molar-refractivity contribution in [1.29, 1.82) is 0 Å². The highest BCUT2D eigenvalue weighted by Crippen LogP contribution is 2.37. The van der Waals surface area contributed by atoms with Gasteiger partial charge in [-0.25, -0.2) is 0 Å². The van der Waals surface area contributed by atoms with Gasteiger partial charge in [-0.1, -0.05) is 41.9 Å². The van der Waals surface area contributed by atoms with Gasteiger partial charge in [-0.05, 0) is 5.56 Å². The fourth-order valence-corrected chi connectivity index (χ4v) is 3.91. The number of carbonyl (C=O) groups is 2. The van der Waals surface area contributed by atoms with Crippen LogP contribution in [0.15, 0.2) is 42.5 Å². The number of nitrogens with zero attached hydrogens (tertiary/aromatic N) is 2. The zero-order chi connectivity index (χ0) is 22.3. The van der Waals surface area contributed by atoms with Gasteiger partial charge in [-0.2, -0.15) is 0 Å². The van der Waals surface area contributed by atoms with E-state index in [1.165, 1.54) is 0 Å². The van der Waals surface area contributed by atoms with Gasteiger partial charge < -0.3 is 20.1 Å². The van der Waals surface area contributed by atoms with Crippen LogP contribution in [-0.2, 0) is 16.1 Å². The number of hydrogen-bond acceptors (Lipinski definition) is 6. The van der Waals surface area contributed by atoms with Gasteiger partial charge in [0.15, 0.2) is 11.5 Å². The van der Waals surface area contributed by atoms with E-state index in [1.807, 2.05) is 30.3 Å². The van der Waals surface area contributed by atoms with Gasteiger partial charge in [0, 0.05) is 44.9 Å². The smallest absolute Gasteiger partial charge is 0.238 e. The van der Waals surface area contributed by atoms with E-state index in [9.17, 15) is 9.59 Å². The number of anilines is 1. The second kappa shape index (κ2) is 10.7. The van der Waals surface area contributed by atoms with Gasteiger partial charge >= 0.3 is 0 Å². The number of ether oxygens (including phenoxy) is 2. The molecule has 0 spiro atoms. The Bertz CT molecular complexity index is 949. The van der Waals surface area contributed by atoms with E-state index in [4.69, 9.17) is 21.1 Å². The Morgan fingerprint density at radius 3 is 2.12 bits per heavy atom.